The Hall–Kier alpha value is -2.01. The number of piperidine rings is 1. The lowest BCUT2D eigenvalue weighted by Crippen LogP contribution is -2.51. The molecule has 1 aromatic carbocycles. The molecule has 18 heavy (non-hydrogen) atoms. The van der Waals surface area contributed by atoms with Gasteiger partial charge in [0.15, 0.2) is 0 Å². The van der Waals surface area contributed by atoms with Crippen LogP contribution in [0.3, 0.4) is 0 Å². The molecule has 5 heteroatoms. The number of rotatable bonds is 3. The van der Waals surface area contributed by atoms with Crippen molar-refractivity contribution in [1.29, 1.82) is 0 Å². The highest BCUT2D eigenvalue weighted by atomic mass is 16.2. The predicted octanol–water partition coefficient (Wildman–Crippen LogP) is 0.437. The Morgan fingerprint density at radius 1 is 1.28 bits per heavy atom. The monoisotopic (exact) mass is 246 g/mol. The SMILES string of the molecule is NN1C(=O)CCC(C(=O)Cc2ccccc2)C1=O. The van der Waals surface area contributed by atoms with E-state index < -0.39 is 17.7 Å². The third-order valence-electron chi connectivity index (χ3n) is 3.06. The molecule has 2 amide bonds. The second-order valence-corrected chi connectivity index (χ2v) is 4.32. The summed E-state index contributed by atoms with van der Waals surface area (Å²) in [7, 11) is 0. The van der Waals surface area contributed by atoms with E-state index in [2.05, 4.69) is 0 Å². The summed E-state index contributed by atoms with van der Waals surface area (Å²) >= 11 is 0. The molecule has 0 saturated carbocycles. The van der Waals surface area contributed by atoms with Crippen LogP contribution in [0.5, 0.6) is 0 Å². The van der Waals surface area contributed by atoms with E-state index in [9.17, 15) is 14.4 Å². The first-order chi connectivity index (χ1) is 8.59. The van der Waals surface area contributed by atoms with E-state index in [1.54, 1.807) is 0 Å². The van der Waals surface area contributed by atoms with E-state index in [1.165, 1.54) is 0 Å². The number of amides is 2. The third kappa shape index (κ3) is 2.46. The fourth-order valence-electron chi connectivity index (χ4n) is 2.02. The molecular formula is C13H14N2O3. The standard InChI is InChI=1S/C13H14N2O3/c14-15-12(17)7-6-10(13(15)18)11(16)8-9-4-2-1-3-5-9/h1-5,10H,6-8,14H2. The number of benzene rings is 1. The first-order valence-corrected chi connectivity index (χ1v) is 5.77. The lowest BCUT2D eigenvalue weighted by molar-refractivity contribution is -0.154. The van der Waals surface area contributed by atoms with Crippen molar-refractivity contribution in [3.8, 4) is 0 Å². The Balaban J connectivity index is 2.06. The highest BCUT2D eigenvalue weighted by Crippen LogP contribution is 2.19. The molecule has 1 aromatic rings. The average molecular weight is 246 g/mol. The van der Waals surface area contributed by atoms with Gasteiger partial charge < -0.3 is 0 Å². The van der Waals surface area contributed by atoms with Crippen molar-refractivity contribution in [1.82, 2.24) is 5.01 Å². The highest BCUT2D eigenvalue weighted by Gasteiger charge is 2.36. The number of hydrogen-bond donors (Lipinski definition) is 1. The van der Waals surface area contributed by atoms with Crippen LogP contribution < -0.4 is 5.84 Å². The molecule has 0 aliphatic carbocycles. The summed E-state index contributed by atoms with van der Waals surface area (Å²) in [6.07, 6.45) is 0.601. The van der Waals surface area contributed by atoms with Crippen LogP contribution in [0.15, 0.2) is 30.3 Å². The quantitative estimate of drug-likeness (QED) is 0.363. The summed E-state index contributed by atoms with van der Waals surface area (Å²) in [5, 5.41) is 0.567. The van der Waals surface area contributed by atoms with Crippen LogP contribution >= 0.6 is 0 Å². The average Bonchev–Trinajstić information content (AvgIpc) is 2.37. The van der Waals surface area contributed by atoms with Gasteiger partial charge in [0.25, 0.3) is 5.91 Å². The van der Waals surface area contributed by atoms with Crippen molar-refractivity contribution in [3.05, 3.63) is 35.9 Å². The number of carbonyl (C=O) groups is 3. The number of carbonyl (C=O) groups excluding carboxylic acids is 3. The summed E-state index contributed by atoms with van der Waals surface area (Å²) in [6, 6.07) is 9.20. The van der Waals surface area contributed by atoms with Gasteiger partial charge in [0.2, 0.25) is 5.91 Å². The largest absolute Gasteiger partial charge is 0.298 e. The fourth-order valence-corrected chi connectivity index (χ4v) is 2.02. The molecule has 2 N–H and O–H groups in total. The van der Waals surface area contributed by atoms with Gasteiger partial charge in [-0.25, -0.2) is 10.9 Å². The molecular weight excluding hydrogens is 232 g/mol. The minimum absolute atomic E-state index is 0.146. The molecule has 1 aliphatic heterocycles. The number of ketones is 1. The van der Waals surface area contributed by atoms with Crippen molar-refractivity contribution >= 4 is 17.6 Å². The van der Waals surface area contributed by atoms with E-state index in [4.69, 9.17) is 5.84 Å². The predicted molar refractivity (Wildman–Crippen MR) is 63.9 cm³/mol. The van der Waals surface area contributed by atoms with Gasteiger partial charge in [-0.2, -0.15) is 0 Å². The summed E-state index contributed by atoms with van der Waals surface area (Å²) in [5.41, 5.74) is 0.857. The van der Waals surface area contributed by atoms with Crippen molar-refractivity contribution in [2.75, 3.05) is 0 Å². The Morgan fingerprint density at radius 2 is 1.94 bits per heavy atom. The third-order valence-corrected chi connectivity index (χ3v) is 3.06. The van der Waals surface area contributed by atoms with Gasteiger partial charge in [0.1, 0.15) is 5.78 Å². The second kappa shape index (κ2) is 5.10. The first-order valence-electron chi connectivity index (χ1n) is 5.77. The highest BCUT2D eigenvalue weighted by molar-refractivity contribution is 6.09. The Bertz CT molecular complexity index is 484. The van der Waals surface area contributed by atoms with Gasteiger partial charge in [0, 0.05) is 12.8 Å². The molecule has 1 aliphatic rings. The number of hydrazine groups is 1. The van der Waals surface area contributed by atoms with Gasteiger partial charge in [-0.15, -0.1) is 0 Å². The molecule has 1 heterocycles. The fraction of sp³-hybridized carbons (Fsp3) is 0.308. The van der Waals surface area contributed by atoms with Gasteiger partial charge >= 0.3 is 0 Å². The molecule has 0 radical (unpaired) electrons. The van der Waals surface area contributed by atoms with Gasteiger partial charge in [-0.05, 0) is 12.0 Å². The van der Waals surface area contributed by atoms with Crippen LogP contribution in [-0.4, -0.2) is 22.6 Å². The van der Waals surface area contributed by atoms with Crippen LogP contribution in [0.2, 0.25) is 0 Å². The van der Waals surface area contributed by atoms with E-state index in [-0.39, 0.29) is 25.0 Å². The van der Waals surface area contributed by atoms with Crippen LogP contribution in [0.25, 0.3) is 0 Å². The molecule has 0 aromatic heterocycles. The van der Waals surface area contributed by atoms with Gasteiger partial charge in [0.05, 0.1) is 5.92 Å². The number of nitrogens with two attached hydrogens (primary N) is 1. The van der Waals surface area contributed by atoms with E-state index in [1.807, 2.05) is 30.3 Å². The Morgan fingerprint density at radius 3 is 2.61 bits per heavy atom. The van der Waals surface area contributed by atoms with Gasteiger partial charge in [-0.3, -0.25) is 14.4 Å². The van der Waals surface area contributed by atoms with Crippen molar-refractivity contribution in [2.24, 2.45) is 11.8 Å². The molecule has 0 spiro atoms. The number of hydrogen-bond acceptors (Lipinski definition) is 4. The maximum atomic E-state index is 12.0. The molecule has 1 fully saturated rings. The maximum Gasteiger partial charge on any atom is 0.254 e. The second-order valence-electron chi connectivity index (χ2n) is 4.32. The molecule has 1 atom stereocenters. The first kappa shape index (κ1) is 12.4. The Kier molecular flexibility index (Phi) is 3.53. The smallest absolute Gasteiger partial charge is 0.254 e. The van der Waals surface area contributed by atoms with Crippen LogP contribution in [0.4, 0.5) is 0 Å². The van der Waals surface area contributed by atoms with E-state index >= 15 is 0 Å². The van der Waals surface area contributed by atoms with Gasteiger partial charge in [-0.1, -0.05) is 30.3 Å². The zero-order valence-corrected chi connectivity index (χ0v) is 9.83. The zero-order chi connectivity index (χ0) is 13.1. The summed E-state index contributed by atoms with van der Waals surface area (Å²) in [5.74, 6) is 3.34. The maximum absolute atomic E-state index is 12.0. The summed E-state index contributed by atoms with van der Waals surface area (Å²) < 4.78 is 0. The Labute approximate surface area is 105 Å². The molecule has 2 rings (SSSR count). The minimum Gasteiger partial charge on any atom is -0.298 e. The molecule has 1 unspecified atom stereocenters. The normalized spacial score (nSPS) is 20.1. The minimum atomic E-state index is -0.784. The van der Waals surface area contributed by atoms with Crippen LogP contribution in [-0.2, 0) is 20.8 Å². The van der Waals surface area contributed by atoms with E-state index in [0.29, 0.717) is 5.01 Å². The topological polar surface area (TPSA) is 80.5 Å². The molecule has 0 bridgehead atoms. The lowest BCUT2D eigenvalue weighted by atomic mass is 9.90. The lowest BCUT2D eigenvalue weighted by Gasteiger charge is -2.25. The zero-order valence-electron chi connectivity index (χ0n) is 9.83. The molecule has 5 nitrogen and oxygen atoms in total. The summed E-state index contributed by atoms with van der Waals surface area (Å²) in [4.78, 5) is 34.9. The van der Waals surface area contributed by atoms with Crippen molar-refractivity contribution < 1.29 is 14.4 Å². The van der Waals surface area contributed by atoms with Crippen LogP contribution in [0, 0.1) is 5.92 Å². The molecule has 1 saturated heterocycles. The summed E-state index contributed by atoms with van der Waals surface area (Å²) in [6.45, 7) is 0. The van der Waals surface area contributed by atoms with Crippen molar-refractivity contribution in [3.63, 3.8) is 0 Å². The number of imide groups is 1. The number of Topliss-reactive ketones (excluding diaryl/α,β-unsaturated/α-hetero) is 1. The van der Waals surface area contributed by atoms with E-state index in [0.717, 1.165) is 5.56 Å². The number of nitrogens with zero attached hydrogens (tertiary/aromatic N) is 1. The van der Waals surface area contributed by atoms with Crippen LogP contribution in [0.1, 0.15) is 18.4 Å². The molecule has 94 valence electrons. The van der Waals surface area contributed by atoms with Crippen molar-refractivity contribution in [2.45, 2.75) is 19.3 Å².